The molecule has 2 rings (SSSR count). The Kier molecular flexibility index (Phi) is 10.7. The van der Waals surface area contributed by atoms with Crippen molar-refractivity contribution in [1.82, 2.24) is 10.2 Å². The number of nitrogens with zero attached hydrogens (tertiary/aromatic N) is 1. The van der Waals surface area contributed by atoms with Gasteiger partial charge >= 0.3 is 0 Å². The van der Waals surface area contributed by atoms with Crippen molar-refractivity contribution in [2.24, 2.45) is 0 Å². The lowest BCUT2D eigenvalue weighted by molar-refractivity contribution is -0.138. The number of unbranched alkanes of at least 4 members (excludes halogenated alkanes) is 1. The van der Waals surface area contributed by atoms with E-state index < -0.39 is 6.04 Å². The quantitative estimate of drug-likeness (QED) is 0.455. The zero-order chi connectivity index (χ0) is 22.6. The van der Waals surface area contributed by atoms with Crippen molar-refractivity contribution >= 4 is 35.2 Å². The third-order valence-corrected chi connectivity index (χ3v) is 6.12. The molecule has 0 aromatic heterocycles. The minimum Gasteiger partial charge on any atom is -0.497 e. The van der Waals surface area contributed by atoms with Gasteiger partial charge in [-0.15, -0.1) is 11.8 Å². The largest absolute Gasteiger partial charge is 0.497 e. The van der Waals surface area contributed by atoms with Crippen molar-refractivity contribution < 1.29 is 14.3 Å². The molecule has 31 heavy (non-hydrogen) atoms. The van der Waals surface area contributed by atoms with Gasteiger partial charge in [-0.3, -0.25) is 9.59 Å². The molecular formula is C24H31ClN2O3S. The summed E-state index contributed by atoms with van der Waals surface area (Å²) in [6.07, 6.45) is 1.92. The summed E-state index contributed by atoms with van der Waals surface area (Å²) in [6.45, 7) is 4.84. The summed E-state index contributed by atoms with van der Waals surface area (Å²) < 4.78 is 5.21. The smallest absolute Gasteiger partial charge is 0.242 e. The summed E-state index contributed by atoms with van der Waals surface area (Å²) in [4.78, 5) is 27.4. The van der Waals surface area contributed by atoms with Gasteiger partial charge in [0.2, 0.25) is 11.8 Å². The number of nitrogens with one attached hydrogen (secondary N) is 1. The maximum atomic E-state index is 13.1. The van der Waals surface area contributed by atoms with Crippen molar-refractivity contribution in [2.45, 2.75) is 45.0 Å². The molecule has 0 bridgehead atoms. The molecular weight excluding hydrogens is 432 g/mol. The first-order valence-corrected chi connectivity index (χ1v) is 12.0. The molecule has 0 saturated heterocycles. The van der Waals surface area contributed by atoms with Gasteiger partial charge in [-0.1, -0.05) is 49.2 Å². The van der Waals surface area contributed by atoms with Crippen LogP contribution in [0.5, 0.6) is 5.75 Å². The number of thioether (sulfide) groups is 1. The van der Waals surface area contributed by atoms with Gasteiger partial charge in [0.1, 0.15) is 11.8 Å². The van der Waals surface area contributed by atoms with E-state index in [1.165, 1.54) is 11.8 Å². The van der Waals surface area contributed by atoms with E-state index in [1.54, 1.807) is 18.9 Å². The van der Waals surface area contributed by atoms with Crippen LogP contribution in [-0.4, -0.2) is 42.2 Å². The minimum absolute atomic E-state index is 0.0685. The van der Waals surface area contributed by atoms with E-state index in [0.29, 0.717) is 23.9 Å². The highest BCUT2D eigenvalue weighted by molar-refractivity contribution is 7.99. The highest BCUT2D eigenvalue weighted by Gasteiger charge is 2.25. The summed E-state index contributed by atoms with van der Waals surface area (Å²) in [5, 5.41) is 3.62. The minimum atomic E-state index is -0.557. The van der Waals surface area contributed by atoms with Crippen molar-refractivity contribution in [1.29, 1.82) is 0 Å². The van der Waals surface area contributed by atoms with Crippen LogP contribution in [0.25, 0.3) is 0 Å². The summed E-state index contributed by atoms with van der Waals surface area (Å²) in [7, 11) is 1.62. The Morgan fingerprint density at radius 1 is 1.16 bits per heavy atom. The zero-order valence-electron chi connectivity index (χ0n) is 18.4. The maximum absolute atomic E-state index is 13.1. The van der Waals surface area contributed by atoms with E-state index in [4.69, 9.17) is 16.3 Å². The highest BCUT2D eigenvalue weighted by Crippen LogP contribution is 2.19. The van der Waals surface area contributed by atoms with Gasteiger partial charge in [0, 0.05) is 23.9 Å². The van der Waals surface area contributed by atoms with Crippen LogP contribution < -0.4 is 10.1 Å². The second-order valence-electron chi connectivity index (χ2n) is 7.31. The van der Waals surface area contributed by atoms with Crippen LogP contribution in [0.3, 0.4) is 0 Å². The van der Waals surface area contributed by atoms with Crippen molar-refractivity contribution in [2.75, 3.05) is 19.4 Å². The Morgan fingerprint density at radius 2 is 1.90 bits per heavy atom. The predicted molar refractivity (Wildman–Crippen MR) is 129 cm³/mol. The fourth-order valence-corrected chi connectivity index (χ4v) is 4.08. The summed E-state index contributed by atoms with van der Waals surface area (Å²) >= 11 is 7.56. The molecule has 2 amide bonds. The molecule has 0 radical (unpaired) electrons. The Morgan fingerprint density at radius 3 is 2.55 bits per heavy atom. The maximum Gasteiger partial charge on any atom is 0.242 e. The molecule has 0 aliphatic carbocycles. The molecule has 1 atom stereocenters. The number of hydrogen-bond donors (Lipinski definition) is 1. The fraction of sp³-hybridized carbons (Fsp3) is 0.417. The normalized spacial score (nSPS) is 11.6. The van der Waals surface area contributed by atoms with E-state index in [-0.39, 0.29) is 17.6 Å². The molecule has 0 unspecified atom stereocenters. The van der Waals surface area contributed by atoms with E-state index in [0.717, 1.165) is 29.7 Å². The predicted octanol–water partition coefficient (Wildman–Crippen LogP) is 4.92. The number of carbonyl (C=O) groups is 2. The van der Waals surface area contributed by atoms with Gasteiger partial charge in [0.25, 0.3) is 0 Å². The Hall–Kier alpha value is -2.18. The molecule has 2 aromatic rings. The molecule has 0 aliphatic heterocycles. The summed E-state index contributed by atoms with van der Waals surface area (Å²) in [5.41, 5.74) is 2.01. The lowest BCUT2D eigenvalue weighted by atomic mass is 10.1. The average Bonchev–Trinajstić information content (AvgIpc) is 2.77. The van der Waals surface area contributed by atoms with E-state index in [1.807, 2.05) is 48.5 Å². The van der Waals surface area contributed by atoms with Gasteiger partial charge in [0.05, 0.1) is 12.9 Å². The number of hydrogen-bond acceptors (Lipinski definition) is 4. The molecule has 2 aromatic carbocycles. The standard InChI is InChI=1S/C24H31ClN2O3S/c1-4-5-13-26-24(29)18(2)27(15-19-9-11-22(30-3)12-10-19)23(28)17-31-16-20-7-6-8-21(25)14-20/h6-12,14,18H,4-5,13,15-17H2,1-3H3,(H,26,29)/t18-/m1/s1. The molecule has 0 heterocycles. The van der Waals surface area contributed by atoms with E-state index in [9.17, 15) is 9.59 Å². The van der Waals surface area contributed by atoms with Gasteiger partial charge in [0.15, 0.2) is 0 Å². The first-order valence-electron chi connectivity index (χ1n) is 10.5. The van der Waals surface area contributed by atoms with Crippen LogP contribution in [0, 0.1) is 0 Å². The molecule has 0 saturated carbocycles. The molecule has 0 fully saturated rings. The Labute approximate surface area is 194 Å². The monoisotopic (exact) mass is 462 g/mol. The van der Waals surface area contributed by atoms with Gasteiger partial charge in [-0.2, -0.15) is 0 Å². The zero-order valence-corrected chi connectivity index (χ0v) is 20.0. The average molecular weight is 463 g/mol. The van der Waals surface area contributed by atoms with Crippen LogP contribution in [0.15, 0.2) is 48.5 Å². The van der Waals surface area contributed by atoms with Crippen LogP contribution in [0.2, 0.25) is 5.02 Å². The number of amides is 2. The topological polar surface area (TPSA) is 58.6 Å². The van der Waals surface area contributed by atoms with Crippen LogP contribution >= 0.6 is 23.4 Å². The fourth-order valence-electron chi connectivity index (χ4n) is 3.01. The highest BCUT2D eigenvalue weighted by atomic mass is 35.5. The third kappa shape index (κ3) is 8.46. The summed E-state index contributed by atoms with van der Waals surface area (Å²) in [5.74, 6) is 1.52. The van der Waals surface area contributed by atoms with Crippen LogP contribution in [-0.2, 0) is 21.9 Å². The number of halogens is 1. The Bertz CT molecular complexity index is 845. The molecule has 0 spiro atoms. The van der Waals surface area contributed by atoms with Gasteiger partial charge in [-0.25, -0.2) is 0 Å². The molecule has 1 N–H and O–H groups in total. The number of benzene rings is 2. The first-order chi connectivity index (χ1) is 14.9. The molecule has 168 valence electrons. The molecule has 7 heteroatoms. The first kappa shape index (κ1) is 25.1. The second kappa shape index (κ2) is 13.3. The Balaban J connectivity index is 2.04. The van der Waals surface area contributed by atoms with E-state index in [2.05, 4.69) is 12.2 Å². The molecule has 0 aliphatic rings. The summed E-state index contributed by atoms with van der Waals surface area (Å²) in [6, 6.07) is 14.6. The van der Waals surface area contributed by atoms with Gasteiger partial charge in [-0.05, 0) is 48.7 Å². The lowest BCUT2D eigenvalue weighted by Crippen LogP contribution is -2.48. The van der Waals surface area contributed by atoms with Crippen molar-refractivity contribution in [3.63, 3.8) is 0 Å². The van der Waals surface area contributed by atoms with Crippen LogP contribution in [0.1, 0.15) is 37.8 Å². The SMILES string of the molecule is CCCCNC(=O)[C@@H](C)N(Cc1ccc(OC)cc1)C(=O)CSCc1cccc(Cl)c1. The third-order valence-electron chi connectivity index (χ3n) is 4.89. The van der Waals surface area contributed by atoms with Gasteiger partial charge < -0.3 is 15.0 Å². The number of rotatable bonds is 12. The number of carbonyl (C=O) groups excluding carboxylic acids is 2. The van der Waals surface area contributed by atoms with Crippen LogP contribution in [0.4, 0.5) is 0 Å². The molecule has 5 nitrogen and oxygen atoms in total. The van der Waals surface area contributed by atoms with Crippen molar-refractivity contribution in [3.05, 3.63) is 64.7 Å². The number of methoxy groups -OCH3 is 1. The lowest BCUT2D eigenvalue weighted by Gasteiger charge is -2.29. The van der Waals surface area contributed by atoms with Crippen molar-refractivity contribution in [3.8, 4) is 5.75 Å². The number of ether oxygens (including phenoxy) is 1. The second-order valence-corrected chi connectivity index (χ2v) is 8.74. The van der Waals surface area contributed by atoms with E-state index >= 15 is 0 Å².